The van der Waals surface area contributed by atoms with E-state index in [2.05, 4.69) is 5.32 Å². The maximum Gasteiger partial charge on any atom is 0.407 e. The summed E-state index contributed by atoms with van der Waals surface area (Å²) in [5.74, 6) is 1.18. The second kappa shape index (κ2) is 16.0. The van der Waals surface area contributed by atoms with Crippen molar-refractivity contribution in [2.75, 3.05) is 46.3 Å². The van der Waals surface area contributed by atoms with Crippen molar-refractivity contribution in [3.8, 4) is 17.2 Å². The first-order chi connectivity index (χ1) is 23.0. The van der Waals surface area contributed by atoms with Crippen molar-refractivity contribution in [2.24, 2.45) is 17.6 Å². The molecule has 15 nitrogen and oxygen atoms in total. The summed E-state index contributed by atoms with van der Waals surface area (Å²) >= 11 is 0. The Morgan fingerprint density at radius 1 is 1.06 bits per heavy atom. The lowest BCUT2D eigenvalue weighted by Gasteiger charge is -2.31. The van der Waals surface area contributed by atoms with Crippen molar-refractivity contribution in [3.63, 3.8) is 0 Å². The van der Waals surface area contributed by atoms with Crippen molar-refractivity contribution >= 4 is 22.2 Å². The highest BCUT2D eigenvalue weighted by molar-refractivity contribution is 7.89. The first kappa shape index (κ1) is 35.5. The van der Waals surface area contributed by atoms with E-state index in [1.54, 1.807) is 24.3 Å². The lowest BCUT2D eigenvalue weighted by atomic mass is 10.0. The van der Waals surface area contributed by atoms with Gasteiger partial charge in [-0.15, -0.1) is 0 Å². The number of sulfonamides is 1. The molecular weight excluding hydrogens is 650 g/mol. The molecule has 0 bridgehead atoms. The molecule has 0 saturated carbocycles. The van der Waals surface area contributed by atoms with Crippen molar-refractivity contribution in [1.29, 1.82) is 0 Å². The summed E-state index contributed by atoms with van der Waals surface area (Å²) in [5.41, 5.74) is 5.70. The molecule has 0 aromatic heterocycles. The molecule has 0 radical (unpaired) electrons. The molecule has 16 heteroatoms. The van der Waals surface area contributed by atoms with Gasteiger partial charge in [-0.3, -0.25) is 0 Å². The number of nitrogens with two attached hydrogens (primary N) is 1. The lowest BCUT2D eigenvalue weighted by Crippen LogP contribution is -2.51. The number of rotatable bonds is 16. The fraction of sp³-hybridized carbons (Fsp3) is 0.562. The number of fused-ring (bicyclic) bond motifs is 2. The number of nitrogens with zero attached hydrogens (tertiary/aromatic N) is 1. The van der Waals surface area contributed by atoms with Gasteiger partial charge in [-0.2, -0.15) is 4.31 Å². The number of amides is 2. The summed E-state index contributed by atoms with van der Waals surface area (Å²) in [6.07, 6.45) is -2.55. The van der Waals surface area contributed by atoms with Crippen molar-refractivity contribution in [2.45, 2.75) is 62.5 Å². The van der Waals surface area contributed by atoms with Crippen LogP contribution in [0.2, 0.25) is 0 Å². The molecule has 4 N–H and O–H groups in total. The summed E-state index contributed by atoms with van der Waals surface area (Å²) in [6.45, 7) is 4.70. The third-order valence-electron chi connectivity index (χ3n) is 8.13. The molecule has 0 aliphatic carbocycles. The molecule has 48 heavy (non-hydrogen) atoms. The predicted molar refractivity (Wildman–Crippen MR) is 169 cm³/mol. The number of hydrogen-bond acceptors (Lipinski definition) is 12. The van der Waals surface area contributed by atoms with Gasteiger partial charge in [0.25, 0.3) is 0 Å². The van der Waals surface area contributed by atoms with Gasteiger partial charge >= 0.3 is 12.2 Å². The molecule has 264 valence electrons. The van der Waals surface area contributed by atoms with E-state index in [-0.39, 0.29) is 56.2 Å². The van der Waals surface area contributed by atoms with Crippen LogP contribution in [0.15, 0.2) is 47.4 Å². The molecule has 2 saturated heterocycles. The number of alkyl carbamates (subject to hydrolysis) is 1. The predicted octanol–water partition coefficient (Wildman–Crippen LogP) is 2.39. The minimum Gasteiger partial charge on any atom is -0.493 e. The molecule has 5 rings (SSSR count). The third-order valence-corrected chi connectivity index (χ3v) is 9.96. The minimum atomic E-state index is -4.09. The van der Waals surface area contributed by atoms with Crippen LogP contribution < -0.4 is 25.3 Å². The second-order valence-electron chi connectivity index (χ2n) is 12.2. The number of primary amides is 1. The Labute approximate surface area is 279 Å². The Hall–Kier alpha value is -3.83. The van der Waals surface area contributed by atoms with E-state index < -0.39 is 46.7 Å². The Morgan fingerprint density at radius 2 is 1.83 bits per heavy atom. The van der Waals surface area contributed by atoms with Crippen molar-refractivity contribution in [1.82, 2.24) is 9.62 Å². The molecule has 3 aliphatic rings. The zero-order chi connectivity index (χ0) is 34.3. The molecule has 2 aromatic carbocycles. The molecule has 0 spiro atoms. The van der Waals surface area contributed by atoms with E-state index in [1.165, 1.54) is 22.5 Å². The number of nitrogens with one attached hydrogen (secondary N) is 1. The smallest absolute Gasteiger partial charge is 0.407 e. The summed E-state index contributed by atoms with van der Waals surface area (Å²) < 4.78 is 66.9. The minimum absolute atomic E-state index is 0.00284. The lowest BCUT2D eigenvalue weighted by molar-refractivity contribution is -0.0907. The van der Waals surface area contributed by atoms with E-state index in [0.717, 1.165) is 5.56 Å². The highest BCUT2D eigenvalue weighted by atomic mass is 32.2. The normalized spacial score (nSPS) is 21.1. The van der Waals surface area contributed by atoms with Gasteiger partial charge in [0.1, 0.15) is 11.9 Å². The third kappa shape index (κ3) is 9.19. The van der Waals surface area contributed by atoms with Crippen LogP contribution in [0.4, 0.5) is 9.59 Å². The largest absolute Gasteiger partial charge is 0.493 e. The summed E-state index contributed by atoms with van der Waals surface area (Å²) in [6, 6.07) is 10.5. The van der Waals surface area contributed by atoms with Crippen LogP contribution in [0.1, 0.15) is 32.3 Å². The fourth-order valence-electron chi connectivity index (χ4n) is 5.75. The maximum atomic E-state index is 13.9. The number of aliphatic hydroxyl groups excluding tert-OH is 1. The van der Waals surface area contributed by atoms with E-state index in [4.69, 9.17) is 38.9 Å². The SMILES string of the molecule is CC(C)CN(C[C@@H](O)[C@H](Cc1ccc(OCCCOC(N)=O)cc1)NC(=O)O[C@H]1CO[C@H]2OCC[C@H]21)S(=O)(=O)c1ccc2c(c1)OCO2. The molecule has 2 amide bonds. The van der Waals surface area contributed by atoms with Gasteiger partial charge in [-0.05, 0) is 48.6 Å². The zero-order valence-electron chi connectivity index (χ0n) is 26.9. The standard InChI is InChI=1S/C32H43N3O12S/c1-20(2)16-35(48(39,40)23-8-9-27-28(15-23)46-19-45-27)17-26(36)25(34-32(38)47-29-18-44-30-24(29)10-13-42-30)14-21-4-6-22(7-5-21)41-11-3-12-43-31(33)37/h4-9,15,20,24-26,29-30,36H,3,10-14,16-19H2,1-2H3,(H2,33,37)(H,34,38)/t24-,25-,26+,29-,30+/m0/s1. The Balaban J connectivity index is 1.29. The molecule has 5 atom stereocenters. The zero-order valence-corrected chi connectivity index (χ0v) is 27.8. The number of ether oxygens (including phenoxy) is 7. The van der Waals surface area contributed by atoms with Crippen LogP contribution in [0.5, 0.6) is 17.2 Å². The number of aliphatic hydroxyl groups is 1. The molecule has 3 aliphatic heterocycles. The number of carbonyl (C=O) groups is 2. The van der Waals surface area contributed by atoms with Gasteiger partial charge in [0.2, 0.25) is 16.8 Å². The fourth-order valence-corrected chi connectivity index (χ4v) is 7.39. The summed E-state index contributed by atoms with van der Waals surface area (Å²) in [5, 5.41) is 14.4. The van der Waals surface area contributed by atoms with E-state index in [1.807, 2.05) is 13.8 Å². The number of hydrogen-bond donors (Lipinski definition) is 3. The molecule has 2 aromatic rings. The van der Waals surface area contributed by atoms with Gasteiger partial charge in [0.15, 0.2) is 17.8 Å². The van der Waals surface area contributed by atoms with Crippen LogP contribution >= 0.6 is 0 Å². The molecular formula is C32H43N3O12S. The topological polar surface area (TPSA) is 194 Å². The molecule has 2 fully saturated rings. The Bertz CT molecular complexity index is 1510. The van der Waals surface area contributed by atoms with Gasteiger partial charge in [0, 0.05) is 25.6 Å². The highest BCUT2D eigenvalue weighted by Gasteiger charge is 2.44. The number of benzene rings is 2. The van der Waals surface area contributed by atoms with Crippen LogP contribution in [0, 0.1) is 11.8 Å². The number of carbonyl (C=O) groups excluding carboxylic acids is 2. The van der Waals surface area contributed by atoms with Gasteiger partial charge in [0.05, 0.1) is 49.4 Å². The van der Waals surface area contributed by atoms with Gasteiger partial charge in [-0.25, -0.2) is 18.0 Å². The van der Waals surface area contributed by atoms with Crippen molar-refractivity contribution < 1.29 is 56.3 Å². The van der Waals surface area contributed by atoms with Crippen LogP contribution in [0.3, 0.4) is 0 Å². The Morgan fingerprint density at radius 3 is 2.58 bits per heavy atom. The second-order valence-corrected chi connectivity index (χ2v) is 14.2. The van der Waals surface area contributed by atoms with E-state index in [0.29, 0.717) is 43.3 Å². The highest BCUT2D eigenvalue weighted by Crippen LogP contribution is 2.35. The van der Waals surface area contributed by atoms with Crippen molar-refractivity contribution in [3.05, 3.63) is 48.0 Å². The average Bonchev–Trinajstić information content (AvgIpc) is 3.79. The maximum absolute atomic E-state index is 13.9. The Kier molecular flexibility index (Phi) is 11.9. The van der Waals surface area contributed by atoms with E-state index >= 15 is 0 Å². The van der Waals surface area contributed by atoms with Gasteiger partial charge in [-0.1, -0.05) is 26.0 Å². The van der Waals surface area contributed by atoms with Crippen LogP contribution in [-0.2, 0) is 35.4 Å². The monoisotopic (exact) mass is 693 g/mol. The van der Waals surface area contributed by atoms with Crippen LogP contribution in [0.25, 0.3) is 0 Å². The van der Waals surface area contributed by atoms with Crippen LogP contribution in [-0.4, -0.2) is 101 Å². The average molecular weight is 694 g/mol. The quantitative estimate of drug-likeness (QED) is 0.218. The summed E-state index contributed by atoms with van der Waals surface area (Å²) in [4.78, 5) is 23.9. The molecule has 0 unspecified atom stereocenters. The summed E-state index contributed by atoms with van der Waals surface area (Å²) in [7, 11) is -4.09. The van der Waals surface area contributed by atoms with E-state index in [9.17, 15) is 23.1 Å². The van der Waals surface area contributed by atoms with Gasteiger partial charge < -0.3 is 49.3 Å². The first-order valence-electron chi connectivity index (χ1n) is 15.9. The molecule has 3 heterocycles. The first-order valence-corrected chi connectivity index (χ1v) is 17.4.